The molecule has 2 amide bonds. The molecule has 132 valence electrons. The quantitative estimate of drug-likeness (QED) is 0.925. The minimum atomic E-state index is 0.0113. The van der Waals surface area contributed by atoms with Crippen molar-refractivity contribution in [1.82, 2.24) is 19.8 Å². The first-order chi connectivity index (χ1) is 12.0. The van der Waals surface area contributed by atoms with E-state index < -0.39 is 0 Å². The number of carbonyl (C=O) groups is 2. The van der Waals surface area contributed by atoms with Crippen molar-refractivity contribution in [3.05, 3.63) is 52.6 Å². The molecule has 0 fully saturated rings. The van der Waals surface area contributed by atoms with E-state index in [0.29, 0.717) is 26.1 Å². The molecule has 0 aliphatic carbocycles. The molecule has 1 aliphatic rings. The summed E-state index contributed by atoms with van der Waals surface area (Å²) in [7, 11) is 1.94. The summed E-state index contributed by atoms with van der Waals surface area (Å²) < 4.78 is 2.00. The Hall–Kier alpha value is -2.63. The highest BCUT2D eigenvalue weighted by Crippen LogP contribution is 2.21. The number of fused-ring (bicyclic) bond motifs is 1. The summed E-state index contributed by atoms with van der Waals surface area (Å²) in [6.45, 7) is 5.45. The average molecular weight is 340 g/mol. The molecule has 1 aliphatic heterocycles. The smallest absolute Gasteiger partial charge is 0.254 e. The van der Waals surface area contributed by atoms with Gasteiger partial charge in [0, 0.05) is 32.0 Å². The van der Waals surface area contributed by atoms with E-state index in [4.69, 9.17) is 0 Å². The maximum atomic E-state index is 12.8. The van der Waals surface area contributed by atoms with Crippen LogP contribution in [0.5, 0.6) is 0 Å². The van der Waals surface area contributed by atoms with E-state index in [1.807, 2.05) is 54.6 Å². The number of hydrogen-bond acceptors (Lipinski definition) is 3. The molecule has 0 saturated heterocycles. The summed E-state index contributed by atoms with van der Waals surface area (Å²) in [6, 6.07) is 7.69. The van der Waals surface area contributed by atoms with Crippen LogP contribution in [0.25, 0.3) is 0 Å². The fourth-order valence-corrected chi connectivity index (χ4v) is 3.14. The maximum Gasteiger partial charge on any atom is 0.254 e. The van der Waals surface area contributed by atoms with Crippen LogP contribution in [0.4, 0.5) is 0 Å². The zero-order valence-electron chi connectivity index (χ0n) is 15.0. The molecule has 1 N–H and O–H groups in total. The molecule has 0 unspecified atom stereocenters. The van der Waals surface area contributed by atoms with Crippen LogP contribution in [0.2, 0.25) is 0 Å². The predicted octanol–water partition coefficient (Wildman–Crippen LogP) is 1.95. The van der Waals surface area contributed by atoms with Gasteiger partial charge >= 0.3 is 0 Å². The van der Waals surface area contributed by atoms with Gasteiger partial charge in [-0.2, -0.15) is 0 Å². The molecule has 25 heavy (non-hydrogen) atoms. The summed E-state index contributed by atoms with van der Waals surface area (Å²) >= 11 is 0. The minimum absolute atomic E-state index is 0.0113. The van der Waals surface area contributed by atoms with Gasteiger partial charge in [0.25, 0.3) is 5.91 Å². The van der Waals surface area contributed by atoms with Crippen molar-refractivity contribution in [2.24, 2.45) is 7.05 Å². The normalized spacial score (nSPS) is 13.5. The van der Waals surface area contributed by atoms with Crippen molar-refractivity contribution in [2.75, 3.05) is 6.54 Å². The van der Waals surface area contributed by atoms with E-state index in [9.17, 15) is 9.59 Å². The number of hydrogen-bond donors (Lipinski definition) is 1. The molecule has 0 spiro atoms. The van der Waals surface area contributed by atoms with Crippen molar-refractivity contribution < 1.29 is 9.59 Å². The molecule has 6 nitrogen and oxygen atoms in total. The Morgan fingerprint density at radius 3 is 2.84 bits per heavy atom. The molecule has 2 aromatic rings. The van der Waals surface area contributed by atoms with Crippen LogP contribution in [0, 0.1) is 6.92 Å². The Bertz CT molecular complexity index is 810. The van der Waals surface area contributed by atoms with E-state index in [0.717, 1.165) is 34.8 Å². The largest absolute Gasteiger partial charge is 0.349 e. The summed E-state index contributed by atoms with van der Waals surface area (Å²) in [5.41, 5.74) is 3.88. The Morgan fingerprint density at radius 1 is 1.32 bits per heavy atom. The summed E-state index contributed by atoms with van der Waals surface area (Å²) in [5, 5.41) is 2.86. The molecule has 0 saturated carbocycles. The molecule has 0 radical (unpaired) electrons. The number of amides is 2. The predicted molar refractivity (Wildman–Crippen MR) is 95.0 cm³/mol. The van der Waals surface area contributed by atoms with Crippen molar-refractivity contribution in [1.29, 1.82) is 0 Å². The topological polar surface area (TPSA) is 67.2 Å². The number of nitrogens with one attached hydrogen (secondary N) is 1. The molecule has 0 atom stereocenters. The van der Waals surface area contributed by atoms with Gasteiger partial charge in [0.2, 0.25) is 5.91 Å². The molecular weight excluding hydrogens is 316 g/mol. The van der Waals surface area contributed by atoms with Crippen LogP contribution in [0.1, 0.15) is 46.5 Å². The van der Waals surface area contributed by atoms with Gasteiger partial charge in [-0.15, -0.1) is 0 Å². The number of imidazole rings is 1. The standard InChI is InChI=1S/C19H24N4O2/c1-4-18(24)20-11-17-21-15-8-9-23(12-16(15)22(17)3)19(25)14-7-5-6-13(2)10-14/h5-7,10H,4,8-9,11-12H2,1-3H3,(H,20,24). The van der Waals surface area contributed by atoms with E-state index in [-0.39, 0.29) is 11.8 Å². The van der Waals surface area contributed by atoms with Gasteiger partial charge in [-0.05, 0) is 19.1 Å². The summed E-state index contributed by atoms with van der Waals surface area (Å²) in [6.07, 6.45) is 1.20. The molecule has 0 bridgehead atoms. The van der Waals surface area contributed by atoms with E-state index in [1.54, 1.807) is 0 Å². The number of aryl methyl sites for hydroxylation is 1. The van der Waals surface area contributed by atoms with Crippen LogP contribution in [0.15, 0.2) is 24.3 Å². The van der Waals surface area contributed by atoms with E-state index >= 15 is 0 Å². The second kappa shape index (κ2) is 7.09. The first kappa shape index (κ1) is 17.2. The molecular formula is C19H24N4O2. The monoisotopic (exact) mass is 340 g/mol. The first-order valence-electron chi connectivity index (χ1n) is 8.65. The van der Waals surface area contributed by atoms with Gasteiger partial charge in [0.05, 0.1) is 24.5 Å². The van der Waals surface area contributed by atoms with Gasteiger partial charge < -0.3 is 14.8 Å². The van der Waals surface area contributed by atoms with Crippen molar-refractivity contribution in [3.8, 4) is 0 Å². The third-order valence-electron chi connectivity index (χ3n) is 4.67. The fourth-order valence-electron chi connectivity index (χ4n) is 3.14. The maximum absolute atomic E-state index is 12.8. The number of nitrogens with zero attached hydrogens (tertiary/aromatic N) is 3. The van der Waals surface area contributed by atoms with Crippen LogP contribution < -0.4 is 5.32 Å². The van der Waals surface area contributed by atoms with Crippen LogP contribution in [-0.2, 0) is 31.4 Å². The highest BCUT2D eigenvalue weighted by molar-refractivity contribution is 5.94. The first-order valence-corrected chi connectivity index (χ1v) is 8.65. The average Bonchev–Trinajstić information content (AvgIpc) is 2.94. The van der Waals surface area contributed by atoms with Gasteiger partial charge in [-0.3, -0.25) is 9.59 Å². The molecule has 2 heterocycles. The van der Waals surface area contributed by atoms with Crippen LogP contribution >= 0.6 is 0 Å². The number of benzene rings is 1. The van der Waals surface area contributed by atoms with Gasteiger partial charge in [-0.1, -0.05) is 24.6 Å². The lowest BCUT2D eigenvalue weighted by atomic mass is 10.1. The molecule has 1 aromatic heterocycles. The highest BCUT2D eigenvalue weighted by Gasteiger charge is 2.26. The molecule has 3 rings (SSSR count). The zero-order valence-corrected chi connectivity index (χ0v) is 15.0. The molecule has 1 aromatic carbocycles. The minimum Gasteiger partial charge on any atom is -0.349 e. The lowest BCUT2D eigenvalue weighted by Gasteiger charge is -2.27. The van der Waals surface area contributed by atoms with Crippen molar-refractivity contribution >= 4 is 11.8 Å². The number of aromatic nitrogens is 2. The lowest BCUT2D eigenvalue weighted by Crippen LogP contribution is -2.36. The second-order valence-corrected chi connectivity index (χ2v) is 6.46. The SMILES string of the molecule is CCC(=O)NCc1nc2c(n1C)CN(C(=O)c1cccc(C)c1)CC2. The third-order valence-corrected chi connectivity index (χ3v) is 4.67. The Balaban J connectivity index is 1.76. The number of rotatable bonds is 4. The van der Waals surface area contributed by atoms with Gasteiger partial charge in [-0.25, -0.2) is 4.98 Å². The summed E-state index contributed by atoms with van der Waals surface area (Å²) in [4.78, 5) is 30.8. The van der Waals surface area contributed by atoms with Gasteiger partial charge in [0.15, 0.2) is 0 Å². The highest BCUT2D eigenvalue weighted by atomic mass is 16.2. The second-order valence-electron chi connectivity index (χ2n) is 6.46. The van der Waals surface area contributed by atoms with E-state index in [1.165, 1.54) is 0 Å². The Morgan fingerprint density at radius 2 is 2.12 bits per heavy atom. The Labute approximate surface area is 147 Å². The lowest BCUT2D eigenvalue weighted by molar-refractivity contribution is -0.120. The zero-order chi connectivity index (χ0) is 18.0. The Kier molecular flexibility index (Phi) is 4.88. The van der Waals surface area contributed by atoms with Crippen LogP contribution in [-0.4, -0.2) is 32.8 Å². The fraction of sp³-hybridized carbons (Fsp3) is 0.421. The number of carbonyl (C=O) groups excluding carboxylic acids is 2. The summed E-state index contributed by atoms with van der Waals surface area (Å²) in [5.74, 6) is 0.894. The third kappa shape index (κ3) is 3.57. The van der Waals surface area contributed by atoms with Crippen molar-refractivity contribution in [3.63, 3.8) is 0 Å². The van der Waals surface area contributed by atoms with Crippen molar-refractivity contribution in [2.45, 2.75) is 39.8 Å². The molecule has 6 heteroatoms. The van der Waals surface area contributed by atoms with Gasteiger partial charge in [0.1, 0.15) is 5.82 Å². The van der Waals surface area contributed by atoms with E-state index in [2.05, 4.69) is 10.3 Å². The van der Waals surface area contributed by atoms with Crippen LogP contribution in [0.3, 0.4) is 0 Å².